The molecule has 1 aromatic carbocycles. The van der Waals surface area contributed by atoms with Gasteiger partial charge < -0.3 is 15.1 Å². The minimum atomic E-state index is 0.110. The maximum atomic E-state index is 9.14. The molecule has 0 unspecified atom stereocenters. The average Bonchev–Trinajstić information content (AvgIpc) is 2.39. The highest BCUT2D eigenvalue weighted by Crippen LogP contribution is 2.25. The van der Waals surface area contributed by atoms with Crippen molar-refractivity contribution in [1.29, 1.82) is 0 Å². The van der Waals surface area contributed by atoms with Crippen molar-refractivity contribution in [3.05, 3.63) is 29.3 Å². The fraction of sp³-hybridized carbons (Fsp3) is 0.571. The van der Waals surface area contributed by atoms with Gasteiger partial charge in [-0.15, -0.1) is 0 Å². The zero-order valence-corrected chi connectivity index (χ0v) is 10.4. The summed E-state index contributed by atoms with van der Waals surface area (Å²) in [7, 11) is 0. The van der Waals surface area contributed by atoms with Crippen LogP contribution in [0.2, 0.25) is 0 Å². The number of anilines is 1. The smallest absolute Gasteiger partial charge is 0.0684 e. The van der Waals surface area contributed by atoms with E-state index in [2.05, 4.69) is 17.0 Å². The van der Waals surface area contributed by atoms with E-state index in [4.69, 9.17) is 10.2 Å². The molecular weight excluding hydrogens is 214 g/mol. The highest BCUT2D eigenvalue weighted by molar-refractivity contribution is 5.51. The van der Waals surface area contributed by atoms with Crippen molar-refractivity contribution < 1.29 is 10.2 Å². The number of piperidine rings is 1. The van der Waals surface area contributed by atoms with Gasteiger partial charge in [0, 0.05) is 25.4 Å². The molecule has 0 spiro atoms. The Morgan fingerprint density at radius 2 is 1.94 bits per heavy atom. The second kappa shape index (κ2) is 5.52. The summed E-state index contributed by atoms with van der Waals surface area (Å²) in [6, 6.07) is 6.23. The van der Waals surface area contributed by atoms with Crippen molar-refractivity contribution in [2.45, 2.75) is 26.4 Å². The van der Waals surface area contributed by atoms with Crippen LogP contribution in [0.5, 0.6) is 0 Å². The molecule has 1 heterocycles. The maximum absolute atomic E-state index is 9.14. The van der Waals surface area contributed by atoms with E-state index in [1.165, 1.54) is 5.69 Å². The molecule has 1 aliphatic rings. The zero-order chi connectivity index (χ0) is 12.3. The lowest BCUT2D eigenvalue weighted by Crippen LogP contribution is -2.34. The van der Waals surface area contributed by atoms with Crippen LogP contribution >= 0.6 is 0 Å². The van der Waals surface area contributed by atoms with Crippen molar-refractivity contribution in [1.82, 2.24) is 0 Å². The summed E-state index contributed by atoms with van der Waals surface area (Å²) in [5.74, 6) is 0.476. The Morgan fingerprint density at radius 1 is 1.24 bits per heavy atom. The normalized spacial score (nSPS) is 17.5. The van der Waals surface area contributed by atoms with Gasteiger partial charge in [-0.2, -0.15) is 0 Å². The summed E-state index contributed by atoms with van der Waals surface area (Å²) in [6.07, 6.45) is 2.13. The third-order valence-electron chi connectivity index (χ3n) is 3.73. The Labute approximate surface area is 103 Å². The molecule has 0 saturated carbocycles. The van der Waals surface area contributed by atoms with Crippen LogP contribution in [0.3, 0.4) is 0 Å². The average molecular weight is 235 g/mol. The van der Waals surface area contributed by atoms with E-state index < -0.39 is 0 Å². The predicted octanol–water partition coefficient (Wildman–Crippen LogP) is 1.70. The van der Waals surface area contributed by atoms with Crippen LogP contribution in [0.15, 0.2) is 18.2 Å². The molecule has 3 nitrogen and oxygen atoms in total. The highest BCUT2D eigenvalue weighted by Gasteiger charge is 2.18. The lowest BCUT2D eigenvalue weighted by Gasteiger charge is -2.33. The van der Waals surface area contributed by atoms with E-state index in [1.54, 1.807) is 0 Å². The van der Waals surface area contributed by atoms with E-state index in [1.807, 2.05) is 13.0 Å². The van der Waals surface area contributed by atoms with E-state index >= 15 is 0 Å². The number of benzene rings is 1. The molecule has 1 saturated heterocycles. The van der Waals surface area contributed by atoms with Crippen molar-refractivity contribution >= 4 is 5.69 Å². The first-order chi connectivity index (χ1) is 8.24. The molecule has 1 aliphatic heterocycles. The number of rotatable bonds is 3. The molecule has 17 heavy (non-hydrogen) atoms. The molecule has 1 fully saturated rings. The summed E-state index contributed by atoms with van der Waals surface area (Å²) in [4.78, 5) is 2.36. The molecule has 3 heteroatoms. The topological polar surface area (TPSA) is 43.7 Å². The Kier molecular flexibility index (Phi) is 4.02. The number of aryl methyl sites for hydroxylation is 1. The zero-order valence-electron chi connectivity index (χ0n) is 10.4. The van der Waals surface area contributed by atoms with Gasteiger partial charge in [-0.25, -0.2) is 0 Å². The first kappa shape index (κ1) is 12.4. The van der Waals surface area contributed by atoms with Crippen molar-refractivity contribution in [3.63, 3.8) is 0 Å². The molecular formula is C14H21NO2. The Bertz CT molecular complexity index is 370. The third-order valence-corrected chi connectivity index (χ3v) is 3.73. The number of hydrogen-bond donors (Lipinski definition) is 2. The van der Waals surface area contributed by atoms with Crippen LogP contribution in [0.25, 0.3) is 0 Å². The molecule has 0 amide bonds. The molecule has 0 aliphatic carbocycles. The Morgan fingerprint density at radius 3 is 2.47 bits per heavy atom. The first-order valence-electron chi connectivity index (χ1n) is 6.30. The molecule has 0 bridgehead atoms. The third kappa shape index (κ3) is 2.79. The summed E-state index contributed by atoms with van der Waals surface area (Å²) in [5.41, 5.74) is 3.38. The lowest BCUT2D eigenvalue weighted by molar-refractivity contribution is 0.203. The molecule has 0 atom stereocenters. The van der Waals surface area contributed by atoms with E-state index in [9.17, 15) is 0 Å². The maximum Gasteiger partial charge on any atom is 0.0684 e. The second-order valence-electron chi connectivity index (χ2n) is 4.88. The van der Waals surface area contributed by atoms with Gasteiger partial charge in [0.15, 0.2) is 0 Å². The second-order valence-corrected chi connectivity index (χ2v) is 4.88. The van der Waals surface area contributed by atoms with E-state index in [0.29, 0.717) is 12.5 Å². The van der Waals surface area contributed by atoms with Gasteiger partial charge in [-0.1, -0.05) is 6.07 Å². The summed E-state index contributed by atoms with van der Waals surface area (Å²) < 4.78 is 0. The summed E-state index contributed by atoms with van der Waals surface area (Å²) in [6.45, 7) is 4.50. The van der Waals surface area contributed by atoms with Gasteiger partial charge in [0.05, 0.1) is 6.61 Å². The number of hydrogen-bond acceptors (Lipinski definition) is 3. The SMILES string of the molecule is Cc1cc(N2CCC(CO)CC2)ccc1CO. The van der Waals surface area contributed by atoms with Crippen molar-refractivity contribution in [2.24, 2.45) is 5.92 Å². The molecule has 0 radical (unpaired) electrons. The molecule has 94 valence electrons. The van der Waals surface area contributed by atoms with Gasteiger partial charge in [0.25, 0.3) is 0 Å². The van der Waals surface area contributed by atoms with Gasteiger partial charge in [0.2, 0.25) is 0 Å². The number of aliphatic hydroxyl groups excluding tert-OH is 2. The van der Waals surface area contributed by atoms with E-state index in [-0.39, 0.29) is 6.61 Å². The number of nitrogens with zero attached hydrogens (tertiary/aromatic N) is 1. The van der Waals surface area contributed by atoms with Crippen molar-refractivity contribution in [3.8, 4) is 0 Å². The van der Waals surface area contributed by atoms with Gasteiger partial charge in [-0.3, -0.25) is 0 Å². The summed E-state index contributed by atoms with van der Waals surface area (Å²) >= 11 is 0. The predicted molar refractivity (Wildman–Crippen MR) is 69.1 cm³/mol. The van der Waals surface area contributed by atoms with Crippen LogP contribution in [-0.4, -0.2) is 29.9 Å². The summed E-state index contributed by atoms with van der Waals surface area (Å²) in [5, 5.41) is 18.3. The minimum absolute atomic E-state index is 0.110. The van der Waals surface area contributed by atoms with Crippen LogP contribution in [0.4, 0.5) is 5.69 Å². The standard InChI is InChI=1S/C14H21NO2/c1-11-8-14(3-2-13(11)10-17)15-6-4-12(9-16)5-7-15/h2-3,8,12,16-17H,4-7,9-10H2,1H3. The van der Waals surface area contributed by atoms with Gasteiger partial charge in [-0.05, 0) is 48.9 Å². The fourth-order valence-corrected chi connectivity index (χ4v) is 2.43. The van der Waals surface area contributed by atoms with Crippen LogP contribution in [-0.2, 0) is 6.61 Å². The Hall–Kier alpha value is -1.06. The van der Waals surface area contributed by atoms with Gasteiger partial charge >= 0.3 is 0 Å². The molecule has 2 N–H and O–H groups in total. The van der Waals surface area contributed by atoms with E-state index in [0.717, 1.165) is 37.1 Å². The van der Waals surface area contributed by atoms with Crippen molar-refractivity contribution in [2.75, 3.05) is 24.6 Å². The monoisotopic (exact) mass is 235 g/mol. The quantitative estimate of drug-likeness (QED) is 0.838. The van der Waals surface area contributed by atoms with Crippen LogP contribution < -0.4 is 4.90 Å². The fourth-order valence-electron chi connectivity index (χ4n) is 2.43. The molecule has 1 aromatic rings. The largest absolute Gasteiger partial charge is 0.396 e. The lowest BCUT2D eigenvalue weighted by atomic mass is 9.97. The number of aliphatic hydroxyl groups is 2. The molecule has 2 rings (SSSR count). The van der Waals surface area contributed by atoms with Crippen LogP contribution in [0, 0.1) is 12.8 Å². The minimum Gasteiger partial charge on any atom is -0.396 e. The highest BCUT2D eigenvalue weighted by atomic mass is 16.3. The van der Waals surface area contributed by atoms with Crippen LogP contribution in [0.1, 0.15) is 24.0 Å². The van der Waals surface area contributed by atoms with Gasteiger partial charge in [0.1, 0.15) is 0 Å². The Balaban J connectivity index is 2.06. The first-order valence-corrected chi connectivity index (χ1v) is 6.30. The molecule has 0 aromatic heterocycles.